The number of benzene rings is 1. The molecule has 2 aliphatic heterocycles. The third kappa shape index (κ3) is 1.84. The Labute approximate surface area is 146 Å². The van der Waals surface area contributed by atoms with Crippen molar-refractivity contribution < 1.29 is 23.4 Å². The number of hydrogen-bond donors (Lipinski definition) is 3. The van der Waals surface area contributed by atoms with E-state index in [1.54, 1.807) is 0 Å². The van der Waals surface area contributed by atoms with Gasteiger partial charge in [-0.1, -0.05) is 0 Å². The Morgan fingerprint density at radius 1 is 1.15 bits per heavy atom. The van der Waals surface area contributed by atoms with Crippen molar-refractivity contribution in [2.24, 2.45) is 11.8 Å². The molecule has 2 aromatic rings. The smallest absolute Gasteiger partial charge is 0.417 e. The largest absolute Gasteiger partial charge is 0.494 e. The SMILES string of the molecule is N#Cc1ccc(-n2c(O)c3c(c2O)[C@@H]2NCC3[C@@H]3C[C@H]23)cc1C(F)(F)F. The molecule has 1 aromatic heterocycles. The number of aromatic nitrogens is 1. The maximum absolute atomic E-state index is 13.3. The van der Waals surface area contributed by atoms with E-state index in [4.69, 9.17) is 5.26 Å². The number of aromatic hydroxyl groups is 2. The van der Waals surface area contributed by atoms with Crippen LogP contribution in [-0.4, -0.2) is 21.3 Å². The number of piperidine rings is 1. The number of nitrogens with one attached hydrogen (secondary N) is 1. The summed E-state index contributed by atoms with van der Waals surface area (Å²) >= 11 is 0. The van der Waals surface area contributed by atoms with Gasteiger partial charge in [-0.2, -0.15) is 18.4 Å². The molecular weight excluding hydrogens is 347 g/mol. The Hall–Kier alpha value is -2.66. The lowest BCUT2D eigenvalue weighted by Gasteiger charge is -2.36. The van der Waals surface area contributed by atoms with Gasteiger partial charge in [0.15, 0.2) is 0 Å². The van der Waals surface area contributed by atoms with Gasteiger partial charge in [-0.05, 0) is 36.5 Å². The van der Waals surface area contributed by atoms with E-state index < -0.39 is 17.3 Å². The summed E-state index contributed by atoms with van der Waals surface area (Å²) in [5, 5.41) is 33.7. The minimum absolute atomic E-state index is 0.0196. The normalized spacial score (nSPS) is 28.4. The van der Waals surface area contributed by atoms with Crippen LogP contribution in [0.25, 0.3) is 5.69 Å². The van der Waals surface area contributed by atoms with Crippen molar-refractivity contribution in [2.75, 3.05) is 6.54 Å². The first-order valence-corrected chi connectivity index (χ1v) is 8.34. The second-order valence-corrected chi connectivity index (χ2v) is 7.21. The Bertz CT molecular complexity index is 950. The molecule has 5 nitrogen and oxygen atoms in total. The highest BCUT2D eigenvalue weighted by molar-refractivity contribution is 5.60. The number of halogens is 3. The molecule has 134 valence electrons. The Morgan fingerprint density at radius 3 is 2.58 bits per heavy atom. The molecule has 0 radical (unpaired) electrons. The maximum atomic E-state index is 13.3. The first-order chi connectivity index (χ1) is 12.3. The second-order valence-electron chi connectivity index (χ2n) is 7.21. The number of rotatable bonds is 1. The van der Waals surface area contributed by atoms with Gasteiger partial charge in [0, 0.05) is 29.6 Å². The fraction of sp³-hybridized carbons (Fsp3) is 0.389. The van der Waals surface area contributed by atoms with Crippen molar-refractivity contribution in [1.29, 1.82) is 5.26 Å². The minimum atomic E-state index is -4.71. The highest BCUT2D eigenvalue weighted by Crippen LogP contribution is 2.66. The summed E-state index contributed by atoms with van der Waals surface area (Å²) in [6, 6.07) is 4.60. The summed E-state index contributed by atoms with van der Waals surface area (Å²) in [7, 11) is 0. The van der Waals surface area contributed by atoms with Gasteiger partial charge >= 0.3 is 6.18 Å². The van der Waals surface area contributed by atoms with Crippen LogP contribution in [-0.2, 0) is 6.18 Å². The first-order valence-electron chi connectivity index (χ1n) is 8.34. The summed E-state index contributed by atoms with van der Waals surface area (Å²) in [6.45, 7) is 0.691. The molecule has 1 aromatic carbocycles. The van der Waals surface area contributed by atoms with Crippen LogP contribution in [0.15, 0.2) is 18.2 Å². The van der Waals surface area contributed by atoms with Crippen LogP contribution < -0.4 is 5.32 Å². The zero-order valence-corrected chi connectivity index (χ0v) is 13.4. The third-order valence-corrected chi connectivity index (χ3v) is 5.96. The summed E-state index contributed by atoms with van der Waals surface area (Å²) in [6.07, 6.45) is -3.67. The lowest BCUT2D eigenvalue weighted by molar-refractivity contribution is -0.137. The van der Waals surface area contributed by atoms with Gasteiger partial charge in [-0.3, -0.25) is 4.57 Å². The molecule has 3 N–H and O–H groups in total. The zero-order chi connectivity index (χ0) is 18.4. The van der Waals surface area contributed by atoms with Gasteiger partial charge in [0.25, 0.3) is 0 Å². The van der Waals surface area contributed by atoms with Crippen LogP contribution in [0.1, 0.15) is 40.6 Å². The van der Waals surface area contributed by atoms with Crippen molar-refractivity contribution in [3.05, 3.63) is 40.5 Å². The van der Waals surface area contributed by atoms with Crippen molar-refractivity contribution in [2.45, 2.75) is 24.6 Å². The molecule has 1 saturated carbocycles. The zero-order valence-electron chi connectivity index (χ0n) is 13.4. The van der Waals surface area contributed by atoms with Crippen LogP contribution >= 0.6 is 0 Å². The number of fused-ring (bicyclic) bond motifs is 1. The molecule has 2 fully saturated rings. The van der Waals surface area contributed by atoms with E-state index in [0.29, 0.717) is 29.5 Å². The summed E-state index contributed by atoms with van der Waals surface area (Å²) in [5.74, 6) is 0.489. The Balaban J connectivity index is 1.71. The Kier molecular flexibility index (Phi) is 2.84. The van der Waals surface area contributed by atoms with Gasteiger partial charge in [-0.25, -0.2) is 0 Å². The molecule has 0 spiro atoms. The van der Waals surface area contributed by atoms with Crippen LogP contribution in [0, 0.1) is 23.2 Å². The molecular formula is C18H14F3N3O2. The predicted octanol–water partition coefficient (Wildman–Crippen LogP) is 3.16. The van der Waals surface area contributed by atoms with Crippen molar-refractivity contribution >= 4 is 0 Å². The molecule has 2 aliphatic carbocycles. The number of hydrogen-bond acceptors (Lipinski definition) is 4. The molecule has 4 aliphatic rings. The lowest BCUT2D eigenvalue weighted by atomic mass is 9.78. The molecule has 0 amide bonds. The highest BCUT2D eigenvalue weighted by Gasteiger charge is 2.59. The predicted molar refractivity (Wildman–Crippen MR) is 83.9 cm³/mol. The quantitative estimate of drug-likeness (QED) is 0.729. The van der Waals surface area contributed by atoms with Crippen LogP contribution in [0.2, 0.25) is 0 Å². The average Bonchev–Trinajstić information content (AvgIpc) is 3.38. The van der Waals surface area contributed by atoms with Crippen LogP contribution in [0.4, 0.5) is 13.2 Å². The monoisotopic (exact) mass is 361 g/mol. The van der Waals surface area contributed by atoms with Gasteiger partial charge < -0.3 is 15.5 Å². The lowest BCUT2D eigenvalue weighted by Crippen LogP contribution is -2.39. The number of alkyl halides is 3. The molecule has 6 rings (SSSR count). The van der Waals surface area contributed by atoms with E-state index >= 15 is 0 Å². The summed E-state index contributed by atoms with van der Waals surface area (Å²) < 4.78 is 40.8. The van der Waals surface area contributed by atoms with E-state index in [1.807, 2.05) is 0 Å². The first kappa shape index (κ1) is 15.6. The molecule has 8 heteroatoms. The van der Waals surface area contributed by atoms with E-state index in [1.165, 1.54) is 12.1 Å². The molecule has 1 unspecified atom stereocenters. The second kappa shape index (κ2) is 4.74. The van der Waals surface area contributed by atoms with Crippen LogP contribution in [0.5, 0.6) is 11.8 Å². The average molecular weight is 361 g/mol. The van der Waals surface area contributed by atoms with E-state index in [0.717, 1.165) is 23.1 Å². The van der Waals surface area contributed by atoms with Crippen molar-refractivity contribution in [3.8, 4) is 23.5 Å². The van der Waals surface area contributed by atoms with Crippen molar-refractivity contribution in [1.82, 2.24) is 9.88 Å². The molecule has 1 saturated heterocycles. The topological polar surface area (TPSA) is 81.2 Å². The van der Waals surface area contributed by atoms with Gasteiger partial charge in [0.2, 0.25) is 11.8 Å². The molecule has 26 heavy (non-hydrogen) atoms. The summed E-state index contributed by atoms with van der Waals surface area (Å²) in [4.78, 5) is 0. The minimum Gasteiger partial charge on any atom is -0.494 e. The number of nitrogens with zero attached hydrogens (tertiary/aromatic N) is 2. The fourth-order valence-corrected chi connectivity index (χ4v) is 4.77. The van der Waals surface area contributed by atoms with Crippen LogP contribution in [0.3, 0.4) is 0 Å². The van der Waals surface area contributed by atoms with E-state index in [9.17, 15) is 23.4 Å². The fourth-order valence-electron chi connectivity index (χ4n) is 4.77. The van der Waals surface area contributed by atoms with Crippen molar-refractivity contribution in [3.63, 3.8) is 0 Å². The Morgan fingerprint density at radius 2 is 1.88 bits per heavy atom. The highest BCUT2D eigenvalue weighted by atomic mass is 19.4. The van der Waals surface area contributed by atoms with Gasteiger partial charge in [-0.15, -0.1) is 0 Å². The standard InChI is InChI=1S/C18H14F3N3O2/c19-18(20,21)12-3-8(2-1-7(12)5-22)24-16(25)13-11-6-23-15(10-4-9(10)11)14(13)17(24)26/h1-3,9-11,15,23,25-26H,4,6H2/t9-,10+,11?,15-/m1/s1. The van der Waals surface area contributed by atoms with E-state index in [2.05, 4.69) is 5.32 Å². The third-order valence-electron chi connectivity index (χ3n) is 5.96. The molecule has 3 heterocycles. The molecule has 2 bridgehead atoms. The maximum Gasteiger partial charge on any atom is 0.417 e. The molecule has 4 atom stereocenters. The van der Waals surface area contributed by atoms with Gasteiger partial charge in [0.05, 0.1) is 22.9 Å². The number of nitriles is 1. The van der Waals surface area contributed by atoms with Gasteiger partial charge in [0.1, 0.15) is 0 Å². The van der Waals surface area contributed by atoms with E-state index in [-0.39, 0.29) is 29.4 Å². The summed E-state index contributed by atoms with van der Waals surface area (Å²) in [5.41, 5.74) is -0.376.